The van der Waals surface area contributed by atoms with Gasteiger partial charge in [-0.2, -0.15) is 15.6 Å². The van der Waals surface area contributed by atoms with Crippen molar-refractivity contribution in [3.05, 3.63) is 46.5 Å². The number of thioether (sulfide) groups is 1. The third kappa shape index (κ3) is 3.65. The zero-order valence-electron chi connectivity index (χ0n) is 10.2. The number of hydrazone groups is 1. The number of rotatable bonds is 4. The predicted molar refractivity (Wildman–Crippen MR) is 73.6 cm³/mol. The Morgan fingerprint density at radius 1 is 1.28 bits per heavy atom. The van der Waals surface area contributed by atoms with Gasteiger partial charge >= 0.3 is 0 Å². The molecule has 0 spiro atoms. The Hall–Kier alpha value is -2.24. The van der Waals surface area contributed by atoms with Gasteiger partial charge in [0.1, 0.15) is 17.2 Å². The van der Waals surface area contributed by atoms with Crippen molar-refractivity contribution in [2.75, 3.05) is 13.3 Å². The average molecular weight is 256 g/mol. The van der Waals surface area contributed by atoms with Crippen LogP contribution in [0.2, 0.25) is 0 Å². The first-order valence-electron chi connectivity index (χ1n) is 5.14. The summed E-state index contributed by atoms with van der Waals surface area (Å²) in [6.45, 7) is 0. The minimum absolute atomic E-state index is 0.0650. The van der Waals surface area contributed by atoms with Gasteiger partial charge in [0.15, 0.2) is 5.57 Å². The number of nitrogens with zero attached hydrogens (tertiary/aromatic N) is 4. The average Bonchev–Trinajstić information content (AvgIpc) is 2.43. The third-order valence-electron chi connectivity index (χ3n) is 2.10. The van der Waals surface area contributed by atoms with Crippen LogP contribution >= 0.6 is 11.8 Å². The molecule has 0 aromatic heterocycles. The molecular formula is C13H12N4S. The molecular weight excluding hydrogens is 244 g/mol. The van der Waals surface area contributed by atoms with Crippen LogP contribution in [0.15, 0.2) is 46.0 Å². The highest BCUT2D eigenvalue weighted by molar-refractivity contribution is 8.02. The first kappa shape index (κ1) is 13.8. The molecule has 5 heteroatoms. The largest absolute Gasteiger partial charge is 0.260 e. The molecule has 0 aliphatic heterocycles. The molecule has 18 heavy (non-hydrogen) atoms. The van der Waals surface area contributed by atoms with E-state index in [0.29, 0.717) is 5.03 Å². The maximum atomic E-state index is 8.84. The van der Waals surface area contributed by atoms with Crippen LogP contribution in [0.25, 0.3) is 0 Å². The number of nitriles is 2. The summed E-state index contributed by atoms with van der Waals surface area (Å²) in [7, 11) is 1.71. The number of hydrogen-bond donors (Lipinski definition) is 0. The van der Waals surface area contributed by atoms with Gasteiger partial charge in [-0.05, 0) is 11.8 Å². The van der Waals surface area contributed by atoms with Gasteiger partial charge in [-0.1, -0.05) is 30.3 Å². The summed E-state index contributed by atoms with van der Waals surface area (Å²) >= 11 is 1.32. The Labute approximate surface area is 111 Å². The van der Waals surface area contributed by atoms with Gasteiger partial charge in [-0.25, -0.2) is 0 Å². The van der Waals surface area contributed by atoms with Gasteiger partial charge in [-0.15, -0.1) is 11.8 Å². The molecule has 1 rings (SSSR count). The van der Waals surface area contributed by atoms with Crippen LogP contribution < -0.4 is 0 Å². The second-order valence-corrected chi connectivity index (χ2v) is 4.08. The van der Waals surface area contributed by atoms with E-state index in [-0.39, 0.29) is 5.57 Å². The fourth-order valence-corrected chi connectivity index (χ4v) is 1.87. The van der Waals surface area contributed by atoms with E-state index in [1.165, 1.54) is 16.8 Å². The Balaban J connectivity index is 2.92. The monoisotopic (exact) mass is 256 g/mol. The Kier molecular flexibility index (Phi) is 5.50. The van der Waals surface area contributed by atoms with E-state index in [1.807, 2.05) is 42.5 Å². The van der Waals surface area contributed by atoms with E-state index in [1.54, 1.807) is 19.5 Å². The third-order valence-corrected chi connectivity index (χ3v) is 2.96. The molecule has 0 radical (unpaired) electrons. The highest BCUT2D eigenvalue weighted by Gasteiger charge is 2.09. The Bertz CT molecular complexity index is 518. The van der Waals surface area contributed by atoms with Crippen LogP contribution in [-0.4, -0.2) is 24.5 Å². The maximum Gasteiger partial charge on any atom is 0.161 e. The molecule has 0 aliphatic rings. The van der Waals surface area contributed by atoms with E-state index in [9.17, 15) is 0 Å². The van der Waals surface area contributed by atoms with Crippen LogP contribution in [0.4, 0.5) is 0 Å². The van der Waals surface area contributed by atoms with Crippen LogP contribution in [0.3, 0.4) is 0 Å². The van der Waals surface area contributed by atoms with Crippen molar-refractivity contribution in [3.8, 4) is 12.1 Å². The normalized spacial score (nSPS) is 9.56. The minimum atomic E-state index is 0.0650. The summed E-state index contributed by atoms with van der Waals surface area (Å²) in [4.78, 5) is 0. The van der Waals surface area contributed by atoms with Gasteiger partial charge in [0, 0.05) is 7.05 Å². The maximum absolute atomic E-state index is 8.84. The molecule has 0 saturated carbocycles. The fourth-order valence-electron chi connectivity index (χ4n) is 1.26. The first-order chi connectivity index (χ1) is 8.72. The summed E-state index contributed by atoms with van der Waals surface area (Å²) in [6, 6.07) is 13.3. The predicted octanol–water partition coefficient (Wildman–Crippen LogP) is 2.57. The molecule has 90 valence electrons. The molecule has 1 aromatic carbocycles. The smallest absolute Gasteiger partial charge is 0.161 e. The Morgan fingerprint density at radius 3 is 2.39 bits per heavy atom. The zero-order chi connectivity index (χ0) is 13.4. The highest BCUT2D eigenvalue weighted by atomic mass is 32.2. The quantitative estimate of drug-likeness (QED) is 0.472. The van der Waals surface area contributed by atoms with Gasteiger partial charge < -0.3 is 0 Å². The lowest BCUT2D eigenvalue weighted by Crippen LogP contribution is -2.10. The van der Waals surface area contributed by atoms with Crippen molar-refractivity contribution >= 4 is 18.0 Å². The SMILES string of the molecule is CSC(=C(C#N)C#N)N(C)/N=C/c1ccccc1. The minimum Gasteiger partial charge on any atom is -0.260 e. The zero-order valence-corrected chi connectivity index (χ0v) is 11.0. The standard InChI is InChI=1S/C13H12N4S/c1-17(13(18-2)12(8-14)9-15)16-10-11-6-4-3-5-7-11/h3-7,10H,1-2H3/b16-10+. The van der Waals surface area contributed by atoms with Crippen molar-refractivity contribution in [2.45, 2.75) is 0 Å². The number of allylic oxidation sites excluding steroid dienone is 1. The van der Waals surface area contributed by atoms with Gasteiger partial charge in [-0.3, -0.25) is 5.01 Å². The van der Waals surface area contributed by atoms with Crippen molar-refractivity contribution in [1.29, 1.82) is 10.5 Å². The van der Waals surface area contributed by atoms with Crippen molar-refractivity contribution in [3.63, 3.8) is 0 Å². The van der Waals surface area contributed by atoms with Crippen molar-refractivity contribution < 1.29 is 0 Å². The van der Waals surface area contributed by atoms with Crippen LogP contribution in [0.1, 0.15) is 5.56 Å². The Morgan fingerprint density at radius 2 is 1.89 bits per heavy atom. The summed E-state index contributed by atoms with van der Waals surface area (Å²) in [5, 5.41) is 24.0. The van der Waals surface area contributed by atoms with E-state index in [4.69, 9.17) is 10.5 Å². The molecule has 0 unspecified atom stereocenters. The van der Waals surface area contributed by atoms with Gasteiger partial charge in [0.05, 0.1) is 6.21 Å². The molecule has 0 aliphatic carbocycles. The van der Waals surface area contributed by atoms with E-state index >= 15 is 0 Å². The molecule has 0 bridgehead atoms. The second kappa shape index (κ2) is 7.16. The van der Waals surface area contributed by atoms with Crippen molar-refractivity contribution in [2.24, 2.45) is 5.10 Å². The molecule has 1 aromatic rings. The van der Waals surface area contributed by atoms with Crippen molar-refractivity contribution in [1.82, 2.24) is 5.01 Å². The van der Waals surface area contributed by atoms with Crippen LogP contribution in [0, 0.1) is 22.7 Å². The summed E-state index contributed by atoms with van der Waals surface area (Å²) in [5.41, 5.74) is 1.02. The number of hydrogen-bond acceptors (Lipinski definition) is 5. The topological polar surface area (TPSA) is 63.2 Å². The lowest BCUT2D eigenvalue weighted by Gasteiger charge is -2.14. The van der Waals surface area contributed by atoms with Gasteiger partial charge in [0.2, 0.25) is 0 Å². The highest BCUT2D eigenvalue weighted by Crippen LogP contribution is 2.20. The summed E-state index contributed by atoms with van der Waals surface area (Å²) < 4.78 is 0. The molecule has 4 nitrogen and oxygen atoms in total. The summed E-state index contributed by atoms with van der Waals surface area (Å²) in [5.74, 6) is 0. The second-order valence-electron chi connectivity index (χ2n) is 3.29. The first-order valence-corrected chi connectivity index (χ1v) is 6.36. The van der Waals surface area contributed by atoms with Crippen LogP contribution in [0.5, 0.6) is 0 Å². The number of benzene rings is 1. The molecule has 0 saturated heterocycles. The molecule has 0 atom stereocenters. The molecule has 0 N–H and O–H groups in total. The molecule has 0 amide bonds. The van der Waals surface area contributed by atoms with E-state index in [2.05, 4.69) is 5.10 Å². The lowest BCUT2D eigenvalue weighted by atomic mass is 10.2. The van der Waals surface area contributed by atoms with E-state index < -0.39 is 0 Å². The van der Waals surface area contributed by atoms with Gasteiger partial charge in [0.25, 0.3) is 0 Å². The molecule has 0 heterocycles. The fraction of sp³-hybridized carbons (Fsp3) is 0.154. The lowest BCUT2D eigenvalue weighted by molar-refractivity contribution is 0.479. The van der Waals surface area contributed by atoms with E-state index in [0.717, 1.165) is 5.56 Å². The van der Waals surface area contributed by atoms with Crippen LogP contribution in [-0.2, 0) is 0 Å². The summed E-state index contributed by atoms with van der Waals surface area (Å²) in [6.07, 6.45) is 3.49. The molecule has 0 fully saturated rings.